The zero-order chi connectivity index (χ0) is 23.7. The van der Waals surface area contributed by atoms with Crippen LogP contribution in [0.3, 0.4) is 0 Å². The lowest BCUT2D eigenvalue weighted by Crippen LogP contribution is -2.35. The van der Waals surface area contributed by atoms with Gasteiger partial charge in [0.05, 0.1) is 24.6 Å². The average Bonchev–Trinajstić information content (AvgIpc) is 3.38. The Hall–Kier alpha value is -2.84. The normalized spacial score (nSPS) is 19.5. The molecule has 0 amide bonds. The monoisotopic (exact) mass is 481 g/mol. The molecule has 7 nitrogen and oxygen atoms in total. The van der Waals surface area contributed by atoms with Crippen LogP contribution >= 0.6 is 0 Å². The molecule has 1 aromatic heterocycles. The van der Waals surface area contributed by atoms with Crippen molar-refractivity contribution in [2.24, 2.45) is 0 Å². The van der Waals surface area contributed by atoms with Gasteiger partial charge >= 0.3 is 0 Å². The Balaban J connectivity index is 1.37. The number of hydrogen-bond acceptors (Lipinski definition) is 6. The zero-order valence-electron chi connectivity index (χ0n) is 19.7. The second-order valence-corrected chi connectivity index (χ2v) is 11.0. The number of aromatic nitrogens is 1. The van der Waals surface area contributed by atoms with Crippen molar-refractivity contribution < 1.29 is 17.9 Å². The van der Waals surface area contributed by atoms with Gasteiger partial charge in [-0.3, -0.25) is 0 Å². The molecule has 3 aromatic rings. The van der Waals surface area contributed by atoms with Crippen LogP contribution in [0.4, 0.5) is 5.82 Å². The van der Waals surface area contributed by atoms with Crippen LogP contribution in [-0.4, -0.2) is 58.1 Å². The van der Waals surface area contributed by atoms with Crippen molar-refractivity contribution >= 4 is 26.7 Å². The summed E-state index contributed by atoms with van der Waals surface area (Å²) in [7, 11) is -0.0842. The van der Waals surface area contributed by atoms with Crippen molar-refractivity contribution in [1.29, 1.82) is 0 Å². The smallest absolute Gasteiger partial charge is 0.243 e. The van der Waals surface area contributed by atoms with E-state index in [2.05, 4.69) is 11.0 Å². The Bertz CT molecular complexity index is 1290. The Morgan fingerprint density at radius 1 is 0.912 bits per heavy atom. The predicted molar refractivity (Wildman–Crippen MR) is 133 cm³/mol. The summed E-state index contributed by atoms with van der Waals surface area (Å²) in [4.78, 5) is 7.49. The Kier molecular flexibility index (Phi) is 6.36. The second-order valence-electron chi connectivity index (χ2n) is 9.03. The lowest BCUT2D eigenvalue weighted by molar-refractivity contribution is 0.346. The van der Waals surface area contributed by atoms with Crippen LogP contribution in [0.1, 0.15) is 37.2 Å². The van der Waals surface area contributed by atoms with Gasteiger partial charge in [0.1, 0.15) is 17.3 Å². The molecule has 0 saturated carbocycles. The standard InChI is InChI=1S/C26H31N3O4S/c1-32-21-7-10-25(33-2)23(17-21)20-12-15-28(18-20)26-11-6-19-16-22(8-9-24(19)27-26)34(30,31)29-13-4-3-5-14-29/h6-11,16-17,20H,3-5,12-15,18H2,1-2H3/t20-/m0/s1. The summed E-state index contributed by atoms with van der Waals surface area (Å²) < 4.78 is 38.7. The largest absolute Gasteiger partial charge is 0.497 e. The molecule has 2 aromatic carbocycles. The zero-order valence-corrected chi connectivity index (χ0v) is 20.6. The van der Waals surface area contributed by atoms with Crippen LogP contribution in [-0.2, 0) is 10.0 Å². The molecule has 2 fully saturated rings. The molecule has 3 heterocycles. The molecule has 0 spiro atoms. The van der Waals surface area contributed by atoms with Gasteiger partial charge in [0.2, 0.25) is 10.0 Å². The lowest BCUT2D eigenvalue weighted by atomic mass is 9.97. The van der Waals surface area contributed by atoms with Crippen molar-refractivity contribution in [2.75, 3.05) is 45.3 Å². The number of fused-ring (bicyclic) bond motifs is 1. The number of methoxy groups -OCH3 is 2. The number of nitrogens with zero attached hydrogens (tertiary/aromatic N) is 3. The van der Waals surface area contributed by atoms with Crippen molar-refractivity contribution in [2.45, 2.75) is 36.5 Å². The van der Waals surface area contributed by atoms with Gasteiger partial charge in [0.25, 0.3) is 0 Å². The minimum absolute atomic E-state index is 0.319. The molecule has 34 heavy (non-hydrogen) atoms. The lowest BCUT2D eigenvalue weighted by Gasteiger charge is -2.26. The summed E-state index contributed by atoms with van der Waals surface area (Å²) in [5, 5.41) is 0.840. The summed E-state index contributed by atoms with van der Waals surface area (Å²) in [6.07, 6.45) is 3.95. The number of pyridine rings is 1. The minimum Gasteiger partial charge on any atom is -0.497 e. The summed E-state index contributed by atoms with van der Waals surface area (Å²) >= 11 is 0. The maximum atomic E-state index is 13.1. The number of piperidine rings is 1. The van der Waals surface area contributed by atoms with E-state index in [4.69, 9.17) is 14.5 Å². The van der Waals surface area contributed by atoms with Gasteiger partial charge in [-0.25, -0.2) is 13.4 Å². The quantitative estimate of drug-likeness (QED) is 0.519. The maximum Gasteiger partial charge on any atom is 0.243 e. The van der Waals surface area contributed by atoms with Gasteiger partial charge in [-0.15, -0.1) is 0 Å². The number of hydrogen-bond donors (Lipinski definition) is 0. The molecule has 0 radical (unpaired) electrons. The first-order valence-corrected chi connectivity index (χ1v) is 13.3. The minimum atomic E-state index is -3.46. The predicted octanol–water partition coefficient (Wildman–Crippen LogP) is 4.42. The van der Waals surface area contributed by atoms with E-state index in [1.807, 2.05) is 30.3 Å². The van der Waals surface area contributed by atoms with Crippen LogP contribution in [0.5, 0.6) is 11.5 Å². The van der Waals surface area contributed by atoms with Gasteiger partial charge in [0.15, 0.2) is 0 Å². The summed E-state index contributed by atoms with van der Waals surface area (Å²) in [5.74, 6) is 2.93. The van der Waals surface area contributed by atoms with E-state index in [0.717, 1.165) is 72.6 Å². The molecule has 2 aliphatic heterocycles. The Morgan fingerprint density at radius 3 is 2.50 bits per heavy atom. The summed E-state index contributed by atoms with van der Waals surface area (Å²) in [6.45, 7) is 2.94. The molecule has 1 atom stereocenters. The first-order valence-electron chi connectivity index (χ1n) is 11.9. The SMILES string of the molecule is COc1ccc(OC)c([C@H]2CCN(c3ccc4cc(S(=O)(=O)N5CCCCC5)ccc4n3)C2)c1. The van der Waals surface area contributed by atoms with Gasteiger partial charge in [-0.05, 0) is 67.8 Å². The molecule has 2 saturated heterocycles. The van der Waals surface area contributed by atoms with Crippen molar-refractivity contribution in [3.63, 3.8) is 0 Å². The third-order valence-corrected chi connectivity index (χ3v) is 8.88. The van der Waals surface area contributed by atoms with E-state index in [0.29, 0.717) is 23.9 Å². The molecular weight excluding hydrogens is 450 g/mol. The third-order valence-electron chi connectivity index (χ3n) is 6.99. The van der Waals surface area contributed by atoms with Crippen LogP contribution < -0.4 is 14.4 Å². The van der Waals surface area contributed by atoms with Crippen LogP contribution in [0.25, 0.3) is 10.9 Å². The molecule has 0 bridgehead atoms. The van der Waals surface area contributed by atoms with Gasteiger partial charge in [0, 0.05) is 43.0 Å². The van der Waals surface area contributed by atoms with Crippen molar-refractivity contribution in [3.8, 4) is 11.5 Å². The average molecular weight is 482 g/mol. The van der Waals surface area contributed by atoms with E-state index >= 15 is 0 Å². The maximum absolute atomic E-state index is 13.1. The van der Waals surface area contributed by atoms with Crippen LogP contribution in [0, 0.1) is 0 Å². The van der Waals surface area contributed by atoms with Crippen LogP contribution in [0.15, 0.2) is 53.4 Å². The second kappa shape index (κ2) is 9.43. The molecule has 2 aliphatic rings. The van der Waals surface area contributed by atoms with E-state index in [-0.39, 0.29) is 0 Å². The highest BCUT2D eigenvalue weighted by Gasteiger charge is 2.28. The molecule has 0 aliphatic carbocycles. The topological polar surface area (TPSA) is 72.0 Å². The highest BCUT2D eigenvalue weighted by atomic mass is 32.2. The highest BCUT2D eigenvalue weighted by molar-refractivity contribution is 7.89. The molecule has 8 heteroatoms. The van der Waals surface area contributed by atoms with Crippen molar-refractivity contribution in [1.82, 2.24) is 9.29 Å². The summed E-state index contributed by atoms with van der Waals surface area (Å²) in [6, 6.07) is 15.2. The van der Waals surface area contributed by atoms with E-state index < -0.39 is 10.0 Å². The highest BCUT2D eigenvalue weighted by Crippen LogP contribution is 2.37. The Labute approximate surface area is 201 Å². The number of anilines is 1. The fourth-order valence-corrected chi connectivity index (χ4v) is 6.62. The molecule has 180 valence electrons. The third kappa shape index (κ3) is 4.32. The fourth-order valence-electron chi connectivity index (χ4n) is 5.06. The molecule has 0 unspecified atom stereocenters. The van der Waals surface area contributed by atoms with E-state index in [1.54, 1.807) is 30.7 Å². The number of sulfonamides is 1. The van der Waals surface area contributed by atoms with E-state index in [9.17, 15) is 8.42 Å². The van der Waals surface area contributed by atoms with Gasteiger partial charge < -0.3 is 14.4 Å². The van der Waals surface area contributed by atoms with Gasteiger partial charge in [-0.2, -0.15) is 4.31 Å². The number of rotatable bonds is 6. The van der Waals surface area contributed by atoms with E-state index in [1.165, 1.54) is 0 Å². The van der Waals surface area contributed by atoms with Crippen molar-refractivity contribution in [3.05, 3.63) is 54.1 Å². The first-order chi connectivity index (χ1) is 16.5. The van der Waals surface area contributed by atoms with Gasteiger partial charge in [-0.1, -0.05) is 6.42 Å². The Morgan fingerprint density at radius 2 is 1.74 bits per heavy atom. The summed E-state index contributed by atoms with van der Waals surface area (Å²) in [5.41, 5.74) is 1.95. The fraction of sp³-hybridized carbons (Fsp3) is 0.423. The molecular formula is C26H31N3O4S. The first kappa shape index (κ1) is 22.9. The molecule has 5 rings (SSSR count). The molecule has 0 N–H and O–H groups in total. The van der Waals surface area contributed by atoms with Crippen LogP contribution in [0.2, 0.25) is 0 Å². The number of ether oxygens (including phenoxy) is 2. The number of benzene rings is 2.